The second-order valence-electron chi connectivity index (χ2n) is 9.48. The van der Waals surface area contributed by atoms with Crippen molar-refractivity contribution in [3.8, 4) is 0 Å². The second kappa shape index (κ2) is 13.3. The number of aliphatic hydroxyl groups excluding tert-OH is 1. The van der Waals surface area contributed by atoms with Crippen LogP contribution >= 0.6 is 0 Å². The van der Waals surface area contributed by atoms with Crippen LogP contribution in [0.4, 0.5) is 0 Å². The van der Waals surface area contributed by atoms with Gasteiger partial charge in [-0.2, -0.15) is 0 Å². The van der Waals surface area contributed by atoms with E-state index in [9.17, 15) is 19.5 Å². The number of carbonyl (C=O) groups excluding carboxylic acids is 3. The van der Waals surface area contributed by atoms with Gasteiger partial charge in [-0.3, -0.25) is 14.4 Å². The molecule has 0 spiro atoms. The SMILES string of the molecule is CC1CNC(=O)C(CC(=O)N2CCCC2CO)CC=CCCCC(Cc2ccccc2)C(=O)O1. The molecule has 4 unspecified atom stereocenters. The Kier molecular flexibility index (Phi) is 10.1. The lowest BCUT2D eigenvalue weighted by Crippen LogP contribution is -2.42. The minimum Gasteiger partial charge on any atom is -0.461 e. The van der Waals surface area contributed by atoms with Gasteiger partial charge in [0.1, 0.15) is 6.10 Å². The molecule has 2 aliphatic rings. The van der Waals surface area contributed by atoms with Crippen LogP contribution in [0.1, 0.15) is 57.4 Å². The van der Waals surface area contributed by atoms with E-state index in [0.717, 1.165) is 37.7 Å². The first kappa shape index (κ1) is 25.9. The molecule has 1 fully saturated rings. The average molecular weight is 471 g/mol. The third kappa shape index (κ3) is 7.69. The zero-order valence-electron chi connectivity index (χ0n) is 20.2. The van der Waals surface area contributed by atoms with Crippen LogP contribution in [0.15, 0.2) is 42.5 Å². The van der Waals surface area contributed by atoms with Gasteiger partial charge in [-0.05, 0) is 57.4 Å². The Bertz CT molecular complexity index is 841. The van der Waals surface area contributed by atoms with Gasteiger partial charge in [-0.1, -0.05) is 42.5 Å². The molecule has 1 aromatic rings. The van der Waals surface area contributed by atoms with Crippen LogP contribution in [0.5, 0.6) is 0 Å². The van der Waals surface area contributed by atoms with Crippen LogP contribution in [0.3, 0.4) is 0 Å². The molecule has 186 valence electrons. The third-order valence-corrected chi connectivity index (χ3v) is 6.75. The number of nitrogens with one attached hydrogen (secondary N) is 1. The van der Waals surface area contributed by atoms with E-state index in [1.807, 2.05) is 42.5 Å². The van der Waals surface area contributed by atoms with Crippen LogP contribution in [-0.4, -0.2) is 59.6 Å². The molecule has 1 aromatic carbocycles. The topological polar surface area (TPSA) is 95.9 Å². The molecule has 2 heterocycles. The van der Waals surface area contributed by atoms with Crippen molar-refractivity contribution in [2.24, 2.45) is 11.8 Å². The van der Waals surface area contributed by atoms with Gasteiger partial charge in [0.05, 0.1) is 31.0 Å². The molecule has 2 N–H and O–H groups in total. The molecule has 0 aromatic heterocycles. The Balaban J connectivity index is 1.63. The summed E-state index contributed by atoms with van der Waals surface area (Å²) in [6, 6.07) is 9.80. The number of allylic oxidation sites excluding steroid dienone is 2. The molecule has 2 aliphatic heterocycles. The van der Waals surface area contributed by atoms with E-state index >= 15 is 0 Å². The Labute approximate surface area is 202 Å². The Morgan fingerprint density at radius 3 is 2.68 bits per heavy atom. The summed E-state index contributed by atoms with van der Waals surface area (Å²) in [7, 11) is 0. The molecule has 7 heteroatoms. The Morgan fingerprint density at radius 2 is 1.91 bits per heavy atom. The molecular weight excluding hydrogens is 432 g/mol. The van der Waals surface area contributed by atoms with E-state index in [4.69, 9.17) is 4.74 Å². The maximum Gasteiger partial charge on any atom is 0.309 e. The molecule has 1 saturated heterocycles. The normalized spacial score (nSPS) is 27.1. The first-order valence-corrected chi connectivity index (χ1v) is 12.6. The summed E-state index contributed by atoms with van der Waals surface area (Å²) in [5.41, 5.74) is 1.11. The number of cyclic esters (lactones) is 1. The van der Waals surface area contributed by atoms with Crippen molar-refractivity contribution in [2.45, 2.75) is 70.4 Å². The van der Waals surface area contributed by atoms with Crippen molar-refractivity contribution in [3.05, 3.63) is 48.0 Å². The van der Waals surface area contributed by atoms with Crippen molar-refractivity contribution in [1.82, 2.24) is 10.2 Å². The summed E-state index contributed by atoms with van der Waals surface area (Å²) in [5.74, 6) is -1.24. The van der Waals surface area contributed by atoms with Crippen LogP contribution in [0.25, 0.3) is 0 Å². The smallest absolute Gasteiger partial charge is 0.309 e. The lowest BCUT2D eigenvalue weighted by molar-refractivity contribution is -0.153. The molecule has 0 aliphatic carbocycles. The van der Waals surface area contributed by atoms with Crippen LogP contribution in [0.2, 0.25) is 0 Å². The minimum atomic E-state index is -0.486. The van der Waals surface area contributed by atoms with Crippen molar-refractivity contribution < 1.29 is 24.2 Å². The summed E-state index contributed by atoms with van der Waals surface area (Å²) in [6.07, 6.45) is 8.84. The number of hydrogen-bond donors (Lipinski definition) is 2. The highest BCUT2D eigenvalue weighted by Crippen LogP contribution is 2.22. The lowest BCUT2D eigenvalue weighted by atomic mass is 9.93. The van der Waals surface area contributed by atoms with E-state index < -0.39 is 12.0 Å². The van der Waals surface area contributed by atoms with E-state index in [1.165, 1.54) is 0 Å². The minimum absolute atomic E-state index is 0.0450. The Morgan fingerprint density at radius 1 is 1.12 bits per heavy atom. The Hall–Kier alpha value is -2.67. The van der Waals surface area contributed by atoms with Gasteiger partial charge < -0.3 is 20.1 Å². The molecular formula is C27H38N2O5. The van der Waals surface area contributed by atoms with Crippen LogP contribution < -0.4 is 5.32 Å². The maximum absolute atomic E-state index is 12.9. The van der Waals surface area contributed by atoms with E-state index in [0.29, 0.717) is 19.4 Å². The molecule has 3 rings (SSSR count). The predicted molar refractivity (Wildman–Crippen MR) is 130 cm³/mol. The number of aliphatic hydroxyl groups is 1. The fourth-order valence-corrected chi connectivity index (χ4v) is 4.75. The van der Waals surface area contributed by atoms with E-state index in [1.54, 1.807) is 11.8 Å². The van der Waals surface area contributed by atoms with Gasteiger partial charge >= 0.3 is 5.97 Å². The molecule has 0 radical (unpaired) electrons. The molecule has 0 saturated carbocycles. The van der Waals surface area contributed by atoms with Crippen molar-refractivity contribution >= 4 is 17.8 Å². The molecule has 34 heavy (non-hydrogen) atoms. The van der Waals surface area contributed by atoms with Crippen LogP contribution in [0, 0.1) is 11.8 Å². The van der Waals surface area contributed by atoms with Gasteiger partial charge in [-0.25, -0.2) is 0 Å². The van der Waals surface area contributed by atoms with Crippen LogP contribution in [-0.2, 0) is 25.5 Å². The number of ether oxygens (including phenoxy) is 1. The summed E-state index contributed by atoms with van der Waals surface area (Å²) in [4.78, 5) is 40.3. The molecule has 0 bridgehead atoms. The first-order chi connectivity index (χ1) is 16.5. The largest absolute Gasteiger partial charge is 0.461 e. The quantitative estimate of drug-likeness (QED) is 0.510. The molecule has 7 nitrogen and oxygen atoms in total. The summed E-state index contributed by atoms with van der Waals surface area (Å²) < 4.78 is 5.68. The molecule has 2 amide bonds. The standard InChI is InChI=1S/C27H38N2O5/c1-20-18-28-26(32)22(17-25(31)29-15-9-14-24(29)19-30)12-7-2-3-8-13-23(27(33)34-20)16-21-10-5-4-6-11-21/h2,4-7,10-11,20,22-24,30H,3,8-9,12-19H2,1H3,(H,28,32). The number of likely N-dealkylation sites (tertiary alicyclic amines) is 1. The fourth-order valence-electron chi connectivity index (χ4n) is 4.75. The van der Waals surface area contributed by atoms with Gasteiger partial charge in [0, 0.05) is 13.0 Å². The predicted octanol–water partition coefficient (Wildman–Crippen LogP) is 3.01. The fraction of sp³-hybridized carbons (Fsp3) is 0.593. The van der Waals surface area contributed by atoms with E-state index in [2.05, 4.69) is 5.32 Å². The number of esters is 1. The highest BCUT2D eigenvalue weighted by molar-refractivity contribution is 5.86. The van der Waals surface area contributed by atoms with Gasteiger partial charge in [0.25, 0.3) is 0 Å². The van der Waals surface area contributed by atoms with Crippen molar-refractivity contribution in [2.75, 3.05) is 19.7 Å². The molecule has 4 atom stereocenters. The summed E-state index contributed by atoms with van der Waals surface area (Å²) in [6.45, 7) is 2.57. The maximum atomic E-state index is 12.9. The average Bonchev–Trinajstić information content (AvgIpc) is 3.32. The zero-order valence-corrected chi connectivity index (χ0v) is 20.2. The number of carbonyl (C=O) groups is 3. The number of rotatable bonds is 5. The summed E-state index contributed by atoms with van der Waals surface area (Å²) >= 11 is 0. The second-order valence-corrected chi connectivity index (χ2v) is 9.48. The van der Waals surface area contributed by atoms with Crippen molar-refractivity contribution in [1.29, 1.82) is 0 Å². The number of benzene rings is 1. The first-order valence-electron chi connectivity index (χ1n) is 12.6. The number of nitrogens with zero attached hydrogens (tertiary/aromatic N) is 1. The summed E-state index contributed by atoms with van der Waals surface area (Å²) in [5, 5.41) is 12.4. The van der Waals surface area contributed by atoms with Crippen molar-refractivity contribution in [3.63, 3.8) is 0 Å². The number of hydrogen-bond acceptors (Lipinski definition) is 5. The lowest BCUT2D eigenvalue weighted by Gasteiger charge is -2.25. The van der Waals surface area contributed by atoms with Gasteiger partial charge in [0.15, 0.2) is 0 Å². The van der Waals surface area contributed by atoms with E-state index in [-0.39, 0.29) is 49.3 Å². The zero-order chi connectivity index (χ0) is 24.3. The highest BCUT2D eigenvalue weighted by atomic mass is 16.5. The monoisotopic (exact) mass is 470 g/mol. The highest BCUT2D eigenvalue weighted by Gasteiger charge is 2.31. The van der Waals surface area contributed by atoms with Gasteiger partial charge in [-0.15, -0.1) is 0 Å². The third-order valence-electron chi connectivity index (χ3n) is 6.75. The van der Waals surface area contributed by atoms with Gasteiger partial charge in [0.2, 0.25) is 11.8 Å². The number of amides is 2.